The Morgan fingerprint density at radius 1 is 1.33 bits per heavy atom. The number of aliphatic carboxylic acids is 1. The van der Waals surface area contributed by atoms with Gasteiger partial charge in [-0.2, -0.15) is 0 Å². The summed E-state index contributed by atoms with van der Waals surface area (Å²) >= 11 is 0. The third kappa shape index (κ3) is 4.18. The molecule has 0 aromatic heterocycles. The molecule has 0 aliphatic carbocycles. The van der Waals surface area contributed by atoms with Crippen molar-refractivity contribution in [1.29, 1.82) is 0 Å². The lowest BCUT2D eigenvalue weighted by Crippen LogP contribution is -2.43. The van der Waals surface area contributed by atoms with Crippen LogP contribution in [0.25, 0.3) is 0 Å². The van der Waals surface area contributed by atoms with Gasteiger partial charge in [0.15, 0.2) is 0 Å². The molecule has 0 spiro atoms. The number of para-hydroxylation sites is 1. The Hall–Kier alpha value is -2.48. The first-order chi connectivity index (χ1) is 8.65. The van der Waals surface area contributed by atoms with Crippen molar-refractivity contribution in [3.8, 4) is 12.3 Å². The monoisotopic (exact) mass is 246 g/mol. The molecule has 1 aromatic carbocycles. The highest BCUT2D eigenvalue weighted by atomic mass is 16.4. The van der Waals surface area contributed by atoms with Crippen LogP contribution in [0.1, 0.15) is 6.42 Å². The molecular weight excluding hydrogens is 232 g/mol. The molecule has 1 aromatic rings. The standard InChI is InChI=1S/C13H14N2O3/c1-2-3-9-14-13(18)15(10-12(16)17)11-7-5-4-6-8-11/h1,4-8H,3,9-10H2,(H,14,18)(H,16,17). The molecular formula is C13H14N2O3. The van der Waals surface area contributed by atoms with Crippen molar-refractivity contribution in [1.82, 2.24) is 5.32 Å². The lowest BCUT2D eigenvalue weighted by Gasteiger charge is -2.21. The molecule has 0 heterocycles. The topological polar surface area (TPSA) is 69.6 Å². The molecule has 0 aliphatic heterocycles. The van der Waals surface area contributed by atoms with Gasteiger partial charge in [-0.25, -0.2) is 4.79 Å². The Bertz CT molecular complexity index is 451. The molecule has 2 N–H and O–H groups in total. The highest BCUT2D eigenvalue weighted by Gasteiger charge is 2.17. The number of carboxylic acid groups (broad SMARTS) is 1. The van der Waals surface area contributed by atoms with Crippen LogP contribution < -0.4 is 10.2 Å². The van der Waals surface area contributed by atoms with Gasteiger partial charge in [0.05, 0.1) is 0 Å². The van der Waals surface area contributed by atoms with E-state index in [1.54, 1.807) is 30.3 Å². The summed E-state index contributed by atoms with van der Waals surface area (Å²) in [6.07, 6.45) is 5.48. The van der Waals surface area contributed by atoms with E-state index in [0.29, 0.717) is 18.7 Å². The summed E-state index contributed by atoms with van der Waals surface area (Å²) in [6.45, 7) is -0.0792. The van der Waals surface area contributed by atoms with Gasteiger partial charge in [-0.1, -0.05) is 18.2 Å². The maximum absolute atomic E-state index is 11.8. The molecule has 0 bridgehead atoms. The number of nitrogens with zero attached hydrogens (tertiary/aromatic N) is 1. The first kappa shape index (κ1) is 13.6. The van der Waals surface area contributed by atoms with Crippen molar-refractivity contribution >= 4 is 17.7 Å². The zero-order chi connectivity index (χ0) is 13.4. The average molecular weight is 246 g/mol. The first-order valence-corrected chi connectivity index (χ1v) is 5.41. The number of hydrogen-bond donors (Lipinski definition) is 2. The van der Waals surface area contributed by atoms with Crippen LogP contribution in [-0.2, 0) is 4.79 Å². The highest BCUT2D eigenvalue weighted by molar-refractivity contribution is 5.96. The Morgan fingerprint density at radius 3 is 2.56 bits per heavy atom. The number of benzene rings is 1. The van der Waals surface area contributed by atoms with Crippen molar-refractivity contribution in [2.75, 3.05) is 18.0 Å². The van der Waals surface area contributed by atoms with E-state index < -0.39 is 18.5 Å². The lowest BCUT2D eigenvalue weighted by atomic mass is 10.3. The van der Waals surface area contributed by atoms with Crippen LogP contribution in [0, 0.1) is 12.3 Å². The molecule has 0 atom stereocenters. The van der Waals surface area contributed by atoms with E-state index in [2.05, 4.69) is 11.2 Å². The molecule has 94 valence electrons. The van der Waals surface area contributed by atoms with Gasteiger partial charge in [0.1, 0.15) is 6.54 Å². The normalized spacial score (nSPS) is 9.28. The maximum atomic E-state index is 11.8. The molecule has 0 unspecified atom stereocenters. The molecule has 2 amide bonds. The summed E-state index contributed by atoms with van der Waals surface area (Å²) in [4.78, 5) is 23.8. The van der Waals surface area contributed by atoms with E-state index in [0.717, 1.165) is 4.90 Å². The van der Waals surface area contributed by atoms with Gasteiger partial charge in [-0.15, -0.1) is 12.3 Å². The van der Waals surface area contributed by atoms with Gasteiger partial charge in [0.25, 0.3) is 0 Å². The number of carboxylic acids is 1. The molecule has 5 nitrogen and oxygen atoms in total. The molecule has 0 saturated carbocycles. The number of nitrogens with one attached hydrogen (secondary N) is 1. The Kier molecular flexibility index (Phi) is 5.26. The molecule has 18 heavy (non-hydrogen) atoms. The molecule has 0 aliphatic rings. The fraction of sp³-hybridized carbons (Fsp3) is 0.231. The molecule has 0 fully saturated rings. The average Bonchev–Trinajstić information content (AvgIpc) is 2.37. The van der Waals surface area contributed by atoms with Crippen LogP contribution >= 0.6 is 0 Å². The van der Waals surface area contributed by atoms with E-state index in [4.69, 9.17) is 11.5 Å². The second kappa shape index (κ2) is 6.97. The summed E-state index contributed by atoms with van der Waals surface area (Å²) in [5.74, 6) is 1.32. The number of carbonyl (C=O) groups is 2. The van der Waals surface area contributed by atoms with Crippen LogP contribution in [0.2, 0.25) is 0 Å². The Labute approximate surface area is 105 Å². The van der Waals surface area contributed by atoms with Crippen LogP contribution in [0.15, 0.2) is 30.3 Å². The minimum absolute atomic E-state index is 0.318. The van der Waals surface area contributed by atoms with Gasteiger partial charge in [0.2, 0.25) is 0 Å². The fourth-order valence-corrected chi connectivity index (χ4v) is 1.36. The van der Waals surface area contributed by atoms with E-state index in [1.165, 1.54) is 0 Å². The minimum Gasteiger partial charge on any atom is -0.480 e. The fourth-order valence-electron chi connectivity index (χ4n) is 1.36. The minimum atomic E-state index is -1.08. The number of hydrogen-bond acceptors (Lipinski definition) is 2. The predicted octanol–water partition coefficient (Wildman–Crippen LogP) is 1.31. The molecule has 0 saturated heterocycles. The van der Waals surface area contributed by atoms with E-state index in [9.17, 15) is 9.59 Å². The van der Waals surface area contributed by atoms with Crippen molar-refractivity contribution in [2.24, 2.45) is 0 Å². The smallest absolute Gasteiger partial charge is 0.323 e. The number of carbonyl (C=O) groups excluding carboxylic acids is 1. The number of terminal acetylenes is 1. The Balaban J connectivity index is 2.76. The number of urea groups is 1. The van der Waals surface area contributed by atoms with Crippen molar-refractivity contribution in [3.63, 3.8) is 0 Å². The maximum Gasteiger partial charge on any atom is 0.323 e. The van der Waals surface area contributed by atoms with Crippen molar-refractivity contribution < 1.29 is 14.7 Å². The number of amides is 2. The second-order valence-electron chi connectivity index (χ2n) is 3.50. The van der Waals surface area contributed by atoms with Crippen LogP contribution in [-0.4, -0.2) is 30.2 Å². The SMILES string of the molecule is C#CCCNC(=O)N(CC(=O)O)c1ccccc1. The second-order valence-corrected chi connectivity index (χ2v) is 3.50. The Morgan fingerprint density at radius 2 is 2.00 bits per heavy atom. The van der Waals surface area contributed by atoms with E-state index >= 15 is 0 Å². The summed E-state index contributed by atoms with van der Waals surface area (Å²) in [5.41, 5.74) is 0.526. The van der Waals surface area contributed by atoms with Crippen LogP contribution in [0.5, 0.6) is 0 Å². The van der Waals surface area contributed by atoms with Crippen LogP contribution in [0.4, 0.5) is 10.5 Å². The molecule has 0 radical (unpaired) electrons. The van der Waals surface area contributed by atoms with Gasteiger partial charge < -0.3 is 10.4 Å². The summed E-state index contributed by atoms with van der Waals surface area (Å²) in [6, 6.07) is 8.13. The van der Waals surface area contributed by atoms with Gasteiger partial charge in [-0.3, -0.25) is 9.69 Å². The zero-order valence-electron chi connectivity index (χ0n) is 9.80. The van der Waals surface area contributed by atoms with Crippen molar-refractivity contribution in [2.45, 2.75) is 6.42 Å². The van der Waals surface area contributed by atoms with Gasteiger partial charge >= 0.3 is 12.0 Å². The number of rotatable bonds is 5. The summed E-state index contributed by atoms with van der Waals surface area (Å²) in [7, 11) is 0. The third-order valence-corrected chi connectivity index (χ3v) is 2.15. The lowest BCUT2D eigenvalue weighted by molar-refractivity contribution is -0.135. The highest BCUT2D eigenvalue weighted by Crippen LogP contribution is 2.12. The van der Waals surface area contributed by atoms with E-state index in [-0.39, 0.29) is 0 Å². The van der Waals surface area contributed by atoms with Crippen molar-refractivity contribution in [3.05, 3.63) is 30.3 Å². The summed E-state index contributed by atoms with van der Waals surface area (Å²) < 4.78 is 0. The largest absolute Gasteiger partial charge is 0.480 e. The summed E-state index contributed by atoms with van der Waals surface area (Å²) in [5, 5.41) is 11.4. The third-order valence-electron chi connectivity index (χ3n) is 2.15. The predicted molar refractivity (Wildman–Crippen MR) is 68.3 cm³/mol. The first-order valence-electron chi connectivity index (χ1n) is 5.41. The molecule has 1 rings (SSSR count). The van der Waals surface area contributed by atoms with Gasteiger partial charge in [0, 0.05) is 18.7 Å². The van der Waals surface area contributed by atoms with Crippen LogP contribution in [0.3, 0.4) is 0 Å². The zero-order valence-corrected chi connectivity index (χ0v) is 9.80. The number of anilines is 1. The molecule has 5 heteroatoms. The quantitative estimate of drug-likeness (QED) is 0.608. The van der Waals surface area contributed by atoms with Gasteiger partial charge in [-0.05, 0) is 12.1 Å². The van der Waals surface area contributed by atoms with E-state index in [1.807, 2.05) is 0 Å².